The highest BCUT2D eigenvalue weighted by Gasteiger charge is 2.38. The molecule has 2 aromatic rings. The molecule has 2 aliphatic heterocycles. The normalized spacial score (nSPS) is 19.4. The van der Waals surface area contributed by atoms with Crippen molar-refractivity contribution in [3.8, 4) is 0 Å². The number of primary amides is 1. The van der Waals surface area contributed by atoms with Gasteiger partial charge in [0.05, 0.1) is 34.1 Å². The van der Waals surface area contributed by atoms with Crippen LogP contribution in [0.25, 0.3) is 22.3 Å². The molecule has 3 N–H and O–H groups in total. The van der Waals surface area contributed by atoms with Crippen LogP contribution in [0.4, 0.5) is 17.6 Å². The number of nitrogens with one attached hydrogen (secondary N) is 1. The molecular formula is C27H31F4N5O3S. The van der Waals surface area contributed by atoms with E-state index in [-0.39, 0.29) is 23.4 Å². The predicted octanol–water partition coefficient (Wildman–Crippen LogP) is 4.49. The van der Waals surface area contributed by atoms with Gasteiger partial charge in [0, 0.05) is 30.9 Å². The van der Waals surface area contributed by atoms with E-state index in [9.17, 15) is 30.8 Å². The summed E-state index contributed by atoms with van der Waals surface area (Å²) in [5.41, 5.74) is 7.98. The Morgan fingerprint density at radius 3 is 2.52 bits per heavy atom. The second kappa shape index (κ2) is 11.3. The van der Waals surface area contributed by atoms with Gasteiger partial charge in [0.1, 0.15) is 16.4 Å². The Kier molecular flexibility index (Phi) is 8.36. The molecule has 3 atom stereocenters. The van der Waals surface area contributed by atoms with E-state index in [0.717, 1.165) is 6.92 Å². The van der Waals surface area contributed by atoms with E-state index in [1.807, 2.05) is 13.0 Å². The summed E-state index contributed by atoms with van der Waals surface area (Å²) in [6.45, 7) is 4.11. The summed E-state index contributed by atoms with van der Waals surface area (Å²) in [5, 5.41) is 0.401. The standard InChI is InChI=1S/C27H31F4N5O3S/c1-4-17-10-23-20(11-21(17)28)24(26(32)37)25(36(23)18-6-5-9-33-13-18)22-8-7-19(14-35-22)40(38,39)16(3)34-12-15(2)27(29,30)31/h6,8,10-11,13-16,19,34H,4-5,7,9,12H2,1-3H3,(H2,32,37). The number of amides is 1. The molecule has 0 saturated carbocycles. The van der Waals surface area contributed by atoms with E-state index in [2.05, 4.69) is 15.3 Å². The zero-order chi connectivity index (χ0) is 29.4. The Morgan fingerprint density at radius 2 is 1.98 bits per heavy atom. The number of hydrogen-bond donors (Lipinski definition) is 2. The van der Waals surface area contributed by atoms with Crippen LogP contribution in [0, 0.1) is 11.7 Å². The van der Waals surface area contributed by atoms with Crippen molar-refractivity contribution >= 4 is 50.5 Å². The van der Waals surface area contributed by atoms with Gasteiger partial charge < -0.3 is 15.6 Å². The van der Waals surface area contributed by atoms with Crippen molar-refractivity contribution < 1.29 is 30.8 Å². The average Bonchev–Trinajstić information content (AvgIpc) is 3.24. The van der Waals surface area contributed by atoms with Crippen molar-refractivity contribution in [3.63, 3.8) is 0 Å². The molecule has 3 unspecified atom stereocenters. The van der Waals surface area contributed by atoms with Gasteiger partial charge in [-0.05, 0) is 43.9 Å². The maximum Gasteiger partial charge on any atom is 0.392 e. The lowest BCUT2D eigenvalue weighted by Gasteiger charge is -2.24. The number of carbonyl (C=O) groups is 1. The first kappa shape index (κ1) is 29.7. The number of fused-ring (bicyclic) bond motifs is 1. The molecule has 8 nitrogen and oxygen atoms in total. The monoisotopic (exact) mass is 581 g/mol. The van der Waals surface area contributed by atoms with Crippen LogP contribution in [0.15, 0.2) is 34.3 Å². The number of nitrogens with zero attached hydrogens (tertiary/aromatic N) is 3. The van der Waals surface area contributed by atoms with Crippen molar-refractivity contribution in [2.45, 2.75) is 56.8 Å². The molecular weight excluding hydrogens is 550 g/mol. The van der Waals surface area contributed by atoms with Crippen LogP contribution in [-0.4, -0.2) is 61.2 Å². The van der Waals surface area contributed by atoms with E-state index < -0.39 is 50.8 Å². The lowest BCUT2D eigenvalue weighted by atomic mass is 10.0. The van der Waals surface area contributed by atoms with E-state index in [4.69, 9.17) is 5.73 Å². The highest BCUT2D eigenvalue weighted by molar-refractivity contribution is 7.93. The SMILES string of the molecule is CCc1cc2c(cc1F)c(C(N)=O)c(C1=CCC(S(=O)(=O)C(C)NCC(C)C(F)(F)F)C=N1)n2C1=CCCN=C1. The Morgan fingerprint density at radius 1 is 1.25 bits per heavy atom. The first-order chi connectivity index (χ1) is 18.8. The van der Waals surface area contributed by atoms with E-state index in [1.54, 1.807) is 22.9 Å². The van der Waals surface area contributed by atoms with Gasteiger partial charge in [-0.15, -0.1) is 0 Å². The number of halogens is 4. The van der Waals surface area contributed by atoms with Gasteiger partial charge in [-0.25, -0.2) is 12.8 Å². The van der Waals surface area contributed by atoms with Crippen molar-refractivity contribution in [2.24, 2.45) is 21.6 Å². The van der Waals surface area contributed by atoms with Crippen molar-refractivity contribution in [1.29, 1.82) is 0 Å². The van der Waals surface area contributed by atoms with Gasteiger partial charge in [0.15, 0.2) is 9.84 Å². The van der Waals surface area contributed by atoms with E-state index in [1.165, 1.54) is 19.2 Å². The highest BCUT2D eigenvalue weighted by atomic mass is 32.2. The minimum atomic E-state index is -4.45. The van der Waals surface area contributed by atoms with E-state index in [0.29, 0.717) is 41.5 Å². The number of allylic oxidation sites excluding steroid dienone is 2. The summed E-state index contributed by atoms with van der Waals surface area (Å²) in [5.74, 6) is -3.01. The van der Waals surface area contributed by atoms with Gasteiger partial charge >= 0.3 is 6.18 Å². The fourth-order valence-corrected chi connectivity index (χ4v) is 6.19. The topological polar surface area (TPSA) is 119 Å². The van der Waals surface area contributed by atoms with Crippen LogP contribution in [0.2, 0.25) is 0 Å². The summed E-state index contributed by atoms with van der Waals surface area (Å²) < 4.78 is 81.4. The molecule has 1 amide bonds. The number of dihydropyridines is 1. The number of carbonyl (C=O) groups excluding carboxylic acids is 1. The summed E-state index contributed by atoms with van der Waals surface area (Å²) in [4.78, 5) is 21.4. The summed E-state index contributed by atoms with van der Waals surface area (Å²) in [7, 11) is -3.96. The summed E-state index contributed by atoms with van der Waals surface area (Å²) in [6.07, 6.45) is 2.88. The smallest absolute Gasteiger partial charge is 0.366 e. The molecule has 13 heteroatoms. The number of aromatic nitrogens is 1. The van der Waals surface area contributed by atoms with Crippen molar-refractivity contribution in [1.82, 2.24) is 9.88 Å². The maximum atomic E-state index is 14.8. The highest BCUT2D eigenvalue weighted by Crippen LogP contribution is 2.37. The Hall–Kier alpha value is -3.32. The molecule has 0 saturated heterocycles. The van der Waals surface area contributed by atoms with E-state index >= 15 is 0 Å². The van der Waals surface area contributed by atoms with Crippen LogP contribution in [0.5, 0.6) is 0 Å². The second-order valence-electron chi connectivity index (χ2n) is 9.91. The molecule has 0 aliphatic carbocycles. The molecule has 1 aromatic heterocycles. The van der Waals surface area contributed by atoms with Crippen LogP contribution in [-0.2, 0) is 16.3 Å². The Balaban J connectivity index is 1.74. The Labute approximate surface area is 229 Å². The molecule has 216 valence electrons. The first-order valence-electron chi connectivity index (χ1n) is 12.9. The van der Waals surface area contributed by atoms with Gasteiger partial charge in [-0.2, -0.15) is 13.2 Å². The largest absolute Gasteiger partial charge is 0.392 e. The van der Waals surface area contributed by atoms with Crippen molar-refractivity contribution in [3.05, 3.63) is 46.9 Å². The quantitative estimate of drug-likeness (QED) is 0.424. The van der Waals surface area contributed by atoms with Crippen LogP contribution < -0.4 is 11.1 Å². The first-order valence-corrected chi connectivity index (χ1v) is 14.5. The molecule has 2 aliphatic rings. The molecule has 0 spiro atoms. The number of hydrogen-bond acceptors (Lipinski definition) is 6. The second-order valence-corrected chi connectivity index (χ2v) is 12.4. The minimum absolute atomic E-state index is 0.0382. The fourth-order valence-electron chi connectivity index (χ4n) is 4.75. The Bertz CT molecular complexity index is 1550. The molecule has 0 radical (unpaired) electrons. The molecule has 1 aromatic carbocycles. The molecule has 0 fully saturated rings. The molecule has 4 rings (SSSR count). The van der Waals surface area contributed by atoms with Gasteiger partial charge in [-0.1, -0.05) is 26.0 Å². The van der Waals surface area contributed by atoms with Crippen LogP contribution in [0.3, 0.4) is 0 Å². The third-order valence-electron chi connectivity index (χ3n) is 7.21. The molecule has 3 heterocycles. The summed E-state index contributed by atoms with van der Waals surface area (Å²) >= 11 is 0. The molecule has 40 heavy (non-hydrogen) atoms. The van der Waals surface area contributed by atoms with Crippen LogP contribution >= 0.6 is 0 Å². The molecule has 0 bridgehead atoms. The number of nitrogens with two attached hydrogens (primary N) is 1. The van der Waals surface area contributed by atoms with Gasteiger partial charge in [0.25, 0.3) is 5.91 Å². The number of rotatable bonds is 9. The maximum absolute atomic E-state index is 14.8. The summed E-state index contributed by atoms with van der Waals surface area (Å²) in [6, 6.07) is 2.92. The number of aliphatic imine (C=N–C) groups is 2. The number of benzene rings is 1. The zero-order valence-corrected chi connectivity index (χ0v) is 23.1. The van der Waals surface area contributed by atoms with Gasteiger partial charge in [-0.3, -0.25) is 14.8 Å². The number of aryl methyl sites for hydroxylation is 1. The third kappa shape index (κ3) is 5.62. The number of sulfone groups is 1. The average molecular weight is 582 g/mol. The lowest BCUT2D eigenvalue weighted by molar-refractivity contribution is -0.168. The number of alkyl halides is 3. The lowest BCUT2D eigenvalue weighted by Crippen LogP contribution is -2.44. The van der Waals surface area contributed by atoms with Crippen molar-refractivity contribution in [2.75, 3.05) is 13.1 Å². The zero-order valence-electron chi connectivity index (χ0n) is 22.3. The van der Waals surface area contributed by atoms with Gasteiger partial charge in [0.2, 0.25) is 0 Å². The fraction of sp³-hybridized carbons (Fsp3) is 0.444. The minimum Gasteiger partial charge on any atom is -0.366 e. The third-order valence-corrected chi connectivity index (χ3v) is 9.52. The van der Waals surface area contributed by atoms with Crippen LogP contribution in [0.1, 0.15) is 55.2 Å². The predicted molar refractivity (Wildman–Crippen MR) is 149 cm³/mol.